The van der Waals surface area contributed by atoms with Crippen molar-refractivity contribution in [3.8, 4) is 0 Å². The van der Waals surface area contributed by atoms with Gasteiger partial charge < -0.3 is 5.32 Å². The molecule has 0 saturated heterocycles. The highest BCUT2D eigenvalue weighted by atomic mass is 14.9. The second-order valence-corrected chi connectivity index (χ2v) is 4.02. The molecule has 15 heavy (non-hydrogen) atoms. The fraction of sp³-hybridized carbons (Fsp3) is 0.615. The van der Waals surface area contributed by atoms with E-state index in [-0.39, 0.29) is 0 Å². The van der Waals surface area contributed by atoms with E-state index in [9.17, 15) is 0 Å². The van der Waals surface area contributed by atoms with Gasteiger partial charge in [-0.25, -0.2) is 0 Å². The normalized spacial score (nSPS) is 12.7. The molecule has 1 atom stereocenters. The lowest BCUT2D eigenvalue weighted by molar-refractivity contribution is 0.481. The Kier molecular flexibility index (Phi) is 5.33. The van der Waals surface area contributed by atoms with Crippen LogP contribution in [0.15, 0.2) is 18.2 Å². The van der Waals surface area contributed by atoms with Gasteiger partial charge in [0, 0.05) is 23.9 Å². The second kappa shape index (κ2) is 6.57. The summed E-state index contributed by atoms with van der Waals surface area (Å²) in [5.74, 6) is 0. The topological polar surface area (TPSA) is 24.9 Å². The Hall–Kier alpha value is -0.890. The summed E-state index contributed by atoms with van der Waals surface area (Å²) in [4.78, 5) is 4.54. The van der Waals surface area contributed by atoms with Crippen LogP contribution in [0.25, 0.3) is 0 Å². The van der Waals surface area contributed by atoms with Crippen LogP contribution in [0.3, 0.4) is 0 Å². The minimum absolute atomic E-state index is 0.578. The molecule has 0 aromatic carbocycles. The van der Waals surface area contributed by atoms with Gasteiger partial charge in [-0.1, -0.05) is 26.3 Å². The van der Waals surface area contributed by atoms with E-state index in [1.165, 1.54) is 18.5 Å². The summed E-state index contributed by atoms with van der Waals surface area (Å²) >= 11 is 0. The van der Waals surface area contributed by atoms with Gasteiger partial charge in [0.1, 0.15) is 0 Å². The number of likely N-dealkylation sites (N-methyl/N-ethyl adjacent to an activating group) is 1. The Bertz CT molecular complexity index is 278. The predicted octanol–water partition coefficient (Wildman–Crippen LogP) is 2.71. The van der Waals surface area contributed by atoms with Gasteiger partial charge in [-0.15, -0.1) is 0 Å². The first-order valence-electron chi connectivity index (χ1n) is 5.92. The van der Waals surface area contributed by atoms with Crippen LogP contribution in [-0.2, 0) is 6.42 Å². The van der Waals surface area contributed by atoms with Crippen LogP contribution in [0.4, 0.5) is 0 Å². The molecular weight excluding hydrogens is 184 g/mol. The fourth-order valence-electron chi connectivity index (χ4n) is 1.88. The molecule has 2 heteroatoms. The number of hydrogen-bond donors (Lipinski definition) is 1. The smallest absolute Gasteiger partial charge is 0.0422 e. The minimum Gasteiger partial charge on any atom is -0.314 e. The molecule has 0 saturated carbocycles. The van der Waals surface area contributed by atoms with Crippen LogP contribution in [0.2, 0.25) is 0 Å². The van der Waals surface area contributed by atoms with Crippen molar-refractivity contribution in [2.75, 3.05) is 6.54 Å². The Morgan fingerprint density at radius 2 is 2.13 bits per heavy atom. The van der Waals surface area contributed by atoms with Gasteiger partial charge in [0.05, 0.1) is 0 Å². The maximum atomic E-state index is 4.54. The second-order valence-electron chi connectivity index (χ2n) is 4.02. The van der Waals surface area contributed by atoms with E-state index >= 15 is 0 Å². The van der Waals surface area contributed by atoms with E-state index in [4.69, 9.17) is 0 Å². The van der Waals surface area contributed by atoms with Gasteiger partial charge in [-0.3, -0.25) is 4.98 Å². The molecule has 0 radical (unpaired) electrons. The average molecular weight is 206 g/mol. The third-order valence-electron chi connectivity index (χ3n) is 2.53. The molecular formula is C13H22N2. The highest BCUT2D eigenvalue weighted by Crippen LogP contribution is 2.06. The van der Waals surface area contributed by atoms with Crippen LogP contribution in [0.1, 0.15) is 38.1 Å². The van der Waals surface area contributed by atoms with Crippen molar-refractivity contribution < 1.29 is 0 Å². The Morgan fingerprint density at radius 1 is 1.33 bits per heavy atom. The lowest BCUT2D eigenvalue weighted by Crippen LogP contribution is -2.31. The molecule has 0 fully saturated rings. The summed E-state index contributed by atoms with van der Waals surface area (Å²) in [7, 11) is 0. The summed E-state index contributed by atoms with van der Waals surface area (Å²) in [6, 6.07) is 6.83. The van der Waals surface area contributed by atoms with Crippen molar-refractivity contribution >= 4 is 0 Å². The van der Waals surface area contributed by atoms with Gasteiger partial charge in [-0.05, 0) is 32.0 Å². The molecule has 1 N–H and O–H groups in total. The molecule has 84 valence electrons. The predicted molar refractivity (Wildman–Crippen MR) is 65.1 cm³/mol. The molecule has 1 unspecified atom stereocenters. The van der Waals surface area contributed by atoms with Gasteiger partial charge in [0.25, 0.3) is 0 Å². The number of aromatic nitrogens is 1. The number of rotatable bonds is 6. The third-order valence-corrected chi connectivity index (χ3v) is 2.53. The average Bonchev–Trinajstić information content (AvgIpc) is 2.18. The monoisotopic (exact) mass is 206 g/mol. The van der Waals surface area contributed by atoms with E-state index < -0.39 is 0 Å². The number of nitrogens with one attached hydrogen (secondary N) is 1. The molecule has 0 amide bonds. The highest BCUT2D eigenvalue weighted by Gasteiger charge is 2.07. The number of aryl methyl sites for hydroxylation is 1. The summed E-state index contributed by atoms with van der Waals surface area (Å²) in [6.07, 6.45) is 3.50. The first kappa shape index (κ1) is 12.2. The van der Waals surface area contributed by atoms with Crippen molar-refractivity contribution in [1.82, 2.24) is 10.3 Å². The fourth-order valence-corrected chi connectivity index (χ4v) is 1.88. The molecule has 0 aliphatic heterocycles. The summed E-state index contributed by atoms with van der Waals surface area (Å²) < 4.78 is 0. The summed E-state index contributed by atoms with van der Waals surface area (Å²) in [5, 5.41) is 3.51. The molecule has 1 aromatic heterocycles. The van der Waals surface area contributed by atoms with Crippen molar-refractivity contribution in [3.05, 3.63) is 29.6 Å². The maximum Gasteiger partial charge on any atom is 0.0422 e. The zero-order valence-electron chi connectivity index (χ0n) is 10.1. The first-order chi connectivity index (χ1) is 7.26. The van der Waals surface area contributed by atoms with Crippen LogP contribution in [0.5, 0.6) is 0 Å². The van der Waals surface area contributed by atoms with Crippen LogP contribution in [0, 0.1) is 6.92 Å². The van der Waals surface area contributed by atoms with Crippen molar-refractivity contribution in [3.63, 3.8) is 0 Å². The SMILES string of the molecule is CCCC(Cc1cccc(C)n1)NCC. The molecule has 1 aromatic rings. The van der Waals surface area contributed by atoms with Crippen LogP contribution in [-0.4, -0.2) is 17.6 Å². The van der Waals surface area contributed by atoms with Crippen LogP contribution >= 0.6 is 0 Å². The van der Waals surface area contributed by atoms with E-state index in [2.05, 4.69) is 36.3 Å². The lowest BCUT2D eigenvalue weighted by atomic mass is 10.1. The van der Waals surface area contributed by atoms with E-state index in [0.717, 1.165) is 18.7 Å². The minimum atomic E-state index is 0.578. The zero-order chi connectivity index (χ0) is 11.1. The van der Waals surface area contributed by atoms with Crippen molar-refractivity contribution in [1.29, 1.82) is 0 Å². The zero-order valence-corrected chi connectivity index (χ0v) is 10.1. The molecule has 0 aliphatic rings. The number of nitrogens with zero attached hydrogens (tertiary/aromatic N) is 1. The van der Waals surface area contributed by atoms with Gasteiger partial charge in [0.2, 0.25) is 0 Å². The molecule has 1 rings (SSSR count). The molecule has 1 heterocycles. The highest BCUT2D eigenvalue weighted by molar-refractivity contribution is 5.11. The van der Waals surface area contributed by atoms with E-state index in [1.54, 1.807) is 0 Å². The lowest BCUT2D eigenvalue weighted by Gasteiger charge is -2.16. The standard InChI is InChI=1S/C13H22N2/c1-4-7-12(14-5-2)10-13-9-6-8-11(3)15-13/h6,8-9,12,14H,4-5,7,10H2,1-3H3. The first-order valence-corrected chi connectivity index (χ1v) is 5.92. The van der Waals surface area contributed by atoms with Gasteiger partial charge in [0.15, 0.2) is 0 Å². The van der Waals surface area contributed by atoms with Gasteiger partial charge in [-0.2, -0.15) is 0 Å². The van der Waals surface area contributed by atoms with Gasteiger partial charge >= 0.3 is 0 Å². The number of hydrogen-bond acceptors (Lipinski definition) is 2. The third kappa shape index (κ3) is 4.43. The largest absolute Gasteiger partial charge is 0.314 e. The molecule has 0 spiro atoms. The van der Waals surface area contributed by atoms with E-state index in [1.807, 2.05) is 13.0 Å². The Morgan fingerprint density at radius 3 is 2.73 bits per heavy atom. The Labute approximate surface area is 93.1 Å². The molecule has 0 bridgehead atoms. The summed E-state index contributed by atoms with van der Waals surface area (Å²) in [5.41, 5.74) is 2.31. The van der Waals surface area contributed by atoms with Crippen LogP contribution < -0.4 is 5.32 Å². The van der Waals surface area contributed by atoms with Crippen molar-refractivity contribution in [2.45, 2.75) is 46.1 Å². The summed E-state index contributed by atoms with van der Waals surface area (Å²) in [6.45, 7) is 7.47. The molecule has 0 aliphatic carbocycles. The quantitative estimate of drug-likeness (QED) is 0.774. The number of pyridine rings is 1. The maximum absolute atomic E-state index is 4.54. The Balaban J connectivity index is 2.56. The molecule has 2 nitrogen and oxygen atoms in total. The van der Waals surface area contributed by atoms with E-state index in [0.29, 0.717) is 6.04 Å². The van der Waals surface area contributed by atoms with Crippen molar-refractivity contribution in [2.24, 2.45) is 0 Å².